The maximum absolute atomic E-state index is 12.7. The fourth-order valence-electron chi connectivity index (χ4n) is 3.29. The first kappa shape index (κ1) is 19.6. The van der Waals surface area contributed by atoms with Gasteiger partial charge in [-0.15, -0.1) is 0 Å². The number of hydrogen-bond acceptors (Lipinski definition) is 6. The molecule has 0 saturated carbocycles. The summed E-state index contributed by atoms with van der Waals surface area (Å²) >= 11 is 0. The predicted molar refractivity (Wildman–Crippen MR) is 118 cm³/mol. The molecule has 1 aromatic heterocycles. The van der Waals surface area contributed by atoms with Crippen molar-refractivity contribution in [2.75, 3.05) is 6.79 Å². The van der Waals surface area contributed by atoms with Crippen LogP contribution in [0.1, 0.15) is 15.9 Å². The standard InChI is InChI=1S/C25H19N3O4/c29-24(26-13-17-9-10-22-23(11-17)31-16-30-22)19-6-4-5-18(12-19)20-14-27-25(28-15-20)32-21-7-2-1-3-8-21/h1-12,14-15H,13,16H2,(H,26,29). The SMILES string of the molecule is O=C(NCc1ccc2c(c1)OCO2)c1cccc(-c2cnc(Oc3ccccc3)nc2)c1. The number of rotatable bonds is 6. The molecular formula is C25H19N3O4. The smallest absolute Gasteiger partial charge is 0.321 e. The van der Waals surface area contributed by atoms with Crippen molar-refractivity contribution in [3.05, 3.63) is 96.3 Å². The van der Waals surface area contributed by atoms with E-state index in [4.69, 9.17) is 14.2 Å². The van der Waals surface area contributed by atoms with Gasteiger partial charge in [-0.2, -0.15) is 0 Å². The summed E-state index contributed by atoms with van der Waals surface area (Å²) in [4.78, 5) is 21.2. The van der Waals surface area contributed by atoms with Crippen molar-refractivity contribution in [1.29, 1.82) is 0 Å². The van der Waals surface area contributed by atoms with E-state index < -0.39 is 0 Å². The normalized spacial score (nSPS) is 11.8. The minimum absolute atomic E-state index is 0.172. The van der Waals surface area contributed by atoms with E-state index in [0.717, 1.165) is 22.4 Å². The van der Waals surface area contributed by atoms with Gasteiger partial charge in [0.2, 0.25) is 6.79 Å². The van der Waals surface area contributed by atoms with Gasteiger partial charge in [0.05, 0.1) is 0 Å². The average molecular weight is 425 g/mol. The Morgan fingerprint density at radius 1 is 0.875 bits per heavy atom. The maximum Gasteiger partial charge on any atom is 0.321 e. The number of para-hydroxylation sites is 1. The summed E-state index contributed by atoms with van der Waals surface area (Å²) in [5.74, 6) is 1.91. The predicted octanol–water partition coefficient (Wildman–Crippen LogP) is 4.59. The molecule has 7 nitrogen and oxygen atoms in total. The summed E-state index contributed by atoms with van der Waals surface area (Å²) in [5, 5.41) is 2.93. The van der Waals surface area contributed by atoms with E-state index in [-0.39, 0.29) is 18.7 Å². The minimum atomic E-state index is -0.172. The lowest BCUT2D eigenvalue weighted by atomic mass is 10.1. The summed E-state index contributed by atoms with van der Waals surface area (Å²) in [7, 11) is 0. The molecule has 158 valence electrons. The second-order valence-electron chi connectivity index (χ2n) is 7.12. The van der Waals surface area contributed by atoms with Crippen LogP contribution < -0.4 is 19.5 Å². The Hall–Kier alpha value is -4.39. The fraction of sp³-hybridized carbons (Fsp3) is 0.0800. The third-order valence-corrected chi connectivity index (χ3v) is 4.93. The first-order valence-electron chi connectivity index (χ1n) is 10.1. The molecule has 32 heavy (non-hydrogen) atoms. The summed E-state index contributed by atoms with van der Waals surface area (Å²) in [6.07, 6.45) is 3.35. The van der Waals surface area contributed by atoms with E-state index in [1.54, 1.807) is 18.5 Å². The Labute approximate surface area is 184 Å². The molecule has 1 aliphatic rings. The maximum atomic E-state index is 12.7. The summed E-state index contributed by atoms with van der Waals surface area (Å²) in [6.45, 7) is 0.606. The zero-order chi connectivity index (χ0) is 21.8. The molecule has 1 aliphatic heterocycles. The number of amides is 1. The number of carbonyl (C=O) groups excluding carboxylic acids is 1. The van der Waals surface area contributed by atoms with Gasteiger partial charge in [-0.25, -0.2) is 9.97 Å². The highest BCUT2D eigenvalue weighted by Crippen LogP contribution is 2.32. The molecule has 7 heteroatoms. The number of ether oxygens (including phenoxy) is 3. The first-order valence-corrected chi connectivity index (χ1v) is 10.1. The van der Waals surface area contributed by atoms with E-state index in [0.29, 0.717) is 23.6 Å². The molecule has 0 aliphatic carbocycles. The lowest BCUT2D eigenvalue weighted by molar-refractivity contribution is 0.0951. The molecule has 0 atom stereocenters. The molecule has 2 heterocycles. The number of aromatic nitrogens is 2. The Kier molecular flexibility index (Phi) is 5.36. The van der Waals surface area contributed by atoms with Crippen LogP contribution >= 0.6 is 0 Å². The summed E-state index contributed by atoms with van der Waals surface area (Å²) in [5.41, 5.74) is 3.11. The Balaban J connectivity index is 1.25. The molecule has 0 spiro atoms. The monoisotopic (exact) mass is 425 g/mol. The highest BCUT2D eigenvalue weighted by Gasteiger charge is 2.14. The second kappa shape index (κ2) is 8.77. The average Bonchev–Trinajstić information content (AvgIpc) is 3.32. The van der Waals surface area contributed by atoms with Crippen LogP contribution in [0.4, 0.5) is 0 Å². The van der Waals surface area contributed by atoms with Gasteiger partial charge in [-0.3, -0.25) is 4.79 Å². The molecule has 0 saturated heterocycles. The van der Waals surface area contributed by atoms with Crippen molar-refractivity contribution < 1.29 is 19.0 Å². The molecule has 0 fully saturated rings. The van der Waals surface area contributed by atoms with Gasteiger partial charge in [0, 0.05) is 30.1 Å². The van der Waals surface area contributed by atoms with E-state index >= 15 is 0 Å². The van der Waals surface area contributed by atoms with E-state index in [1.165, 1.54) is 0 Å². The first-order chi connectivity index (χ1) is 15.7. The number of nitrogens with one attached hydrogen (secondary N) is 1. The Morgan fingerprint density at radius 3 is 2.53 bits per heavy atom. The van der Waals surface area contributed by atoms with Crippen LogP contribution in [-0.4, -0.2) is 22.7 Å². The topological polar surface area (TPSA) is 82.6 Å². The Morgan fingerprint density at radius 2 is 1.69 bits per heavy atom. The molecule has 1 N–H and O–H groups in total. The van der Waals surface area contributed by atoms with Gasteiger partial charge in [-0.1, -0.05) is 36.4 Å². The van der Waals surface area contributed by atoms with Crippen LogP contribution in [0.5, 0.6) is 23.3 Å². The molecule has 3 aromatic carbocycles. The number of carbonyl (C=O) groups is 1. The number of fused-ring (bicyclic) bond motifs is 1. The lowest BCUT2D eigenvalue weighted by Crippen LogP contribution is -2.22. The van der Waals surface area contributed by atoms with Crippen molar-refractivity contribution in [2.24, 2.45) is 0 Å². The number of benzene rings is 3. The van der Waals surface area contributed by atoms with Crippen LogP contribution in [0.15, 0.2) is 85.2 Å². The molecule has 5 rings (SSSR count). The van der Waals surface area contributed by atoms with Gasteiger partial charge < -0.3 is 19.5 Å². The van der Waals surface area contributed by atoms with Crippen LogP contribution in [0, 0.1) is 0 Å². The Bertz CT molecular complexity index is 1240. The molecule has 1 amide bonds. The fourth-order valence-corrected chi connectivity index (χ4v) is 3.29. The third-order valence-electron chi connectivity index (χ3n) is 4.93. The highest BCUT2D eigenvalue weighted by atomic mass is 16.7. The summed E-state index contributed by atoms with van der Waals surface area (Å²) < 4.78 is 16.3. The number of hydrogen-bond donors (Lipinski definition) is 1. The molecule has 0 radical (unpaired) electrons. The second-order valence-corrected chi connectivity index (χ2v) is 7.12. The molecule has 0 bridgehead atoms. The van der Waals surface area contributed by atoms with Crippen LogP contribution in [0.3, 0.4) is 0 Å². The van der Waals surface area contributed by atoms with Gasteiger partial charge in [0.15, 0.2) is 11.5 Å². The molecular weight excluding hydrogens is 406 g/mol. The van der Waals surface area contributed by atoms with Gasteiger partial charge in [-0.05, 0) is 47.5 Å². The third kappa shape index (κ3) is 4.37. The summed E-state index contributed by atoms with van der Waals surface area (Å²) in [6, 6.07) is 22.5. The molecule has 4 aromatic rings. The van der Waals surface area contributed by atoms with Crippen molar-refractivity contribution in [1.82, 2.24) is 15.3 Å². The van der Waals surface area contributed by atoms with Crippen molar-refractivity contribution in [2.45, 2.75) is 6.54 Å². The van der Waals surface area contributed by atoms with E-state index in [2.05, 4.69) is 15.3 Å². The lowest BCUT2D eigenvalue weighted by Gasteiger charge is -2.08. The minimum Gasteiger partial charge on any atom is -0.454 e. The zero-order valence-corrected chi connectivity index (χ0v) is 17.0. The van der Waals surface area contributed by atoms with Gasteiger partial charge >= 0.3 is 6.01 Å². The van der Waals surface area contributed by atoms with Crippen LogP contribution in [0.25, 0.3) is 11.1 Å². The van der Waals surface area contributed by atoms with Crippen LogP contribution in [0.2, 0.25) is 0 Å². The van der Waals surface area contributed by atoms with Crippen molar-refractivity contribution in [3.8, 4) is 34.4 Å². The van der Waals surface area contributed by atoms with Gasteiger partial charge in [0.25, 0.3) is 5.91 Å². The van der Waals surface area contributed by atoms with E-state index in [1.807, 2.05) is 66.7 Å². The van der Waals surface area contributed by atoms with Crippen LogP contribution in [-0.2, 0) is 6.54 Å². The number of nitrogens with zero attached hydrogens (tertiary/aromatic N) is 2. The quantitative estimate of drug-likeness (QED) is 0.486. The highest BCUT2D eigenvalue weighted by molar-refractivity contribution is 5.95. The largest absolute Gasteiger partial charge is 0.454 e. The van der Waals surface area contributed by atoms with Gasteiger partial charge in [0.1, 0.15) is 5.75 Å². The van der Waals surface area contributed by atoms with Crippen molar-refractivity contribution >= 4 is 5.91 Å². The molecule has 0 unspecified atom stereocenters. The zero-order valence-electron chi connectivity index (χ0n) is 17.0. The van der Waals surface area contributed by atoms with E-state index in [9.17, 15) is 4.79 Å². The van der Waals surface area contributed by atoms with Crippen molar-refractivity contribution in [3.63, 3.8) is 0 Å².